The molecule has 0 spiro atoms. The van der Waals surface area contributed by atoms with Crippen molar-refractivity contribution in [2.24, 2.45) is 0 Å². The van der Waals surface area contributed by atoms with Crippen LogP contribution in [0.15, 0.2) is 42.7 Å². The Labute approximate surface area is 211 Å². The minimum atomic E-state index is -4.85. The minimum absolute atomic E-state index is 0.0180. The van der Waals surface area contributed by atoms with Crippen LogP contribution in [-0.2, 0) is 16.1 Å². The lowest BCUT2D eigenvalue weighted by Gasteiger charge is -2.31. The number of anilines is 2. The molecule has 2 aliphatic heterocycles. The van der Waals surface area contributed by atoms with E-state index in [2.05, 4.69) is 24.8 Å². The van der Waals surface area contributed by atoms with Crippen molar-refractivity contribution in [3.05, 3.63) is 48.3 Å². The number of nitrogens with one attached hydrogen (secondary N) is 1. The molecule has 3 heterocycles. The lowest BCUT2D eigenvalue weighted by molar-refractivity contribution is -0.274. The third-order valence-corrected chi connectivity index (χ3v) is 6.30. The fourth-order valence-corrected chi connectivity index (χ4v) is 4.20. The first-order valence-electron chi connectivity index (χ1n) is 11.7. The van der Waals surface area contributed by atoms with Crippen molar-refractivity contribution in [3.63, 3.8) is 0 Å². The zero-order valence-corrected chi connectivity index (χ0v) is 20.4. The highest BCUT2D eigenvalue weighted by atomic mass is 19.4. The van der Waals surface area contributed by atoms with Crippen molar-refractivity contribution >= 4 is 29.2 Å². The van der Waals surface area contributed by atoms with Crippen LogP contribution < -0.4 is 15.0 Å². The van der Waals surface area contributed by atoms with Gasteiger partial charge in [0.15, 0.2) is 0 Å². The number of alkyl halides is 3. The topological polar surface area (TPSA) is 98.3 Å². The number of imide groups is 1. The maximum Gasteiger partial charge on any atom is 0.573 e. The van der Waals surface area contributed by atoms with Gasteiger partial charge in [-0.25, -0.2) is 9.69 Å². The summed E-state index contributed by atoms with van der Waals surface area (Å²) in [6.07, 6.45) is -1.84. The predicted molar refractivity (Wildman–Crippen MR) is 128 cm³/mol. The number of aromatic nitrogens is 1. The van der Waals surface area contributed by atoms with Gasteiger partial charge in [0.05, 0.1) is 30.7 Å². The highest BCUT2D eigenvalue weighted by molar-refractivity contribution is 6.21. The zero-order valence-electron chi connectivity index (χ0n) is 20.4. The van der Waals surface area contributed by atoms with Gasteiger partial charge in [-0.3, -0.25) is 19.5 Å². The fraction of sp³-hybridized carbons (Fsp3) is 0.417. The minimum Gasteiger partial charge on any atom is -0.406 e. The molecular weight excluding hydrogens is 493 g/mol. The van der Waals surface area contributed by atoms with E-state index in [0.29, 0.717) is 11.3 Å². The van der Waals surface area contributed by atoms with Crippen molar-refractivity contribution in [1.29, 1.82) is 0 Å². The smallest absolute Gasteiger partial charge is 0.406 e. The molecule has 1 unspecified atom stereocenters. The Hall–Kier alpha value is -3.71. The number of carbonyl (C=O) groups is 3. The summed E-state index contributed by atoms with van der Waals surface area (Å²) < 4.78 is 41.2. The number of urea groups is 1. The highest BCUT2D eigenvalue weighted by Gasteiger charge is 2.43. The molecule has 2 aliphatic rings. The SMILES string of the molecule is CC1C(=O)N(c2ccc(OC(F)(F)F)cc2)C(=O)N1Cc1ccncc1NC(=O)CN1CCN(C)CC1. The molecule has 1 N–H and O–H groups in total. The summed E-state index contributed by atoms with van der Waals surface area (Å²) >= 11 is 0. The summed E-state index contributed by atoms with van der Waals surface area (Å²) in [5, 5.41) is 2.85. The van der Waals surface area contributed by atoms with Gasteiger partial charge in [0.25, 0.3) is 5.91 Å². The largest absolute Gasteiger partial charge is 0.573 e. The Morgan fingerprint density at radius 1 is 1.11 bits per heavy atom. The summed E-state index contributed by atoms with van der Waals surface area (Å²) in [4.78, 5) is 49.3. The lowest BCUT2D eigenvalue weighted by atomic mass is 10.2. The van der Waals surface area contributed by atoms with Gasteiger partial charge >= 0.3 is 12.4 Å². The van der Waals surface area contributed by atoms with Gasteiger partial charge in [-0.1, -0.05) is 0 Å². The molecule has 1 aromatic carbocycles. The molecule has 10 nitrogen and oxygen atoms in total. The molecule has 0 radical (unpaired) electrons. The average molecular weight is 521 g/mol. The number of pyridine rings is 1. The number of carbonyl (C=O) groups excluding carboxylic acids is 3. The number of nitrogens with zero attached hydrogens (tertiary/aromatic N) is 5. The van der Waals surface area contributed by atoms with Crippen molar-refractivity contribution < 1.29 is 32.3 Å². The number of amides is 4. The Balaban J connectivity index is 1.44. The van der Waals surface area contributed by atoms with Gasteiger partial charge in [-0.2, -0.15) is 0 Å². The quantitative estimate of drug-likeness (QED) is 0.561. The van der Waals surface area contributed by atoms with Gasteiger partial charge in [-0.05, 0) is 49.9 Å². The molecule has 13 heteroatoms. The van der Waals surface area contributed by atoms with Crippen LogP contribution in [0.25, 0.3) is 0 Å². The van der Waals surface area contributed by atoms with E-state index < -0.39 is 30.1 Å². The van der Waals surface area contributed by atoms with Crippen LogP contribution >= 0.6 is 0 Å². The molecule has 2 fully saturated rings. The number of ether oxygens (including phenoxy) is 1. The monoisotopic (exact) mass is 520 g/mol. The van der Waals surface area contributed by atoms with E-state index in [-0.39, 0.29) is 24.7 Å². The van der Waals surface area contributed by atoms with Gasteiger partial charge in [0.2, 0.25) is 5.91 Å². The Bertz CT molecular complexity index is 1150. The van der Waals surface area contributed by atoms with E-state index in [0.717, 1.165) is 43.2 Å². The maximum atomic E-state index is 13.2. The number of hydrogen-bond donors (Lipinski definition) is 1. The Morgan fingerprint density at radius 2 is 1.78 bits per heavy atom. The van der Waals surface area contributed by atoms with Crippen LogP contribution in [0.5, 0.6) is 5.75 Å². The molecule has 2 aromatic rings. The number of rotatable bonds is 7. The van der Waals surface area contributed by atoms with E-state index in [9.17, 15) is 27.6 Å². The van der Waals surface area contributed by atoms with Crippen molar-refractivity contribution in [1.82, 2.24) is 19.7 Å². The molecule has 37 heavy (non-hydrogen) atoms. The molecule has 4 amide bonds. The summed E-state index contributed by atoms with van der Waals surface area (Å²) in [7, 11) is 2.03. The van der Waals surface area contributed by atoms with E-state index in [4.69, 9.17) is 0 Å². The second-order valence-electron chi connectivity index (χ2n) is 8.96. The third-order valence-electron chi connectivity index (χ3n) is 6.30. The average Bonchev–Trinajstić information content (AvgIpc) is 3.04. The molecular formula is C24H27F3N6O4. The van der Waals surface area contributed by atoms with Gasteiger partial charge in [-0.15, -0.1) is 13.2 Å². The number of halogens is 3. The second kappa shape index (κ2) is 10.7. The van der Waals surface area contributed by atoms with Gasteiger partial charge in [0.1, 0.15) is 11.8 Å². The Morgan fingerprint density at radius 3 is 2.43 bits per heavy atom. The van der Waals surface area contributed by atoms with Crippen LogP contribution in [0.3, 0.4) is 0 Å². The molecule has 0 bridgehead atoms. The van der Waals surface area contributed by atoms with Crippen LogP contribution in [0.4, 0.5) is 29.3 Å². The number of likely N-dealkylation sites (N-methyl/N-ethyl adjacent to an activating group) is 1. The van der Waals surface area contributed by atoms with Crippen LogP contribution in [0.2, 0.25) is 0 Å². The summed E-state index contributed by atoms with van der Waals surface area (Å²) in [5.41, 5.74) is 1.14. The highest BCUT2D eigenvalue weighted by Crippen LogP contribution is 2.30. The maximum absolute atomic E-state index is 13.2. The summed E-state index contributed by atoms with van der Waals surface area (Å²) in [5.74, 6) is -1.20. The molecule has 1 atom stereocenters. The molecule has 0 saturated carbocycles. The first kappa shape index (κ1) is 26.4. The summed E-state index contributed by atoms with van der Waals surface area (Å²) in [6.45, 7) is 5.13. The van der Waals surface area contributed by atoms with E-state index >= 15 is 0 Å². The van der Waals surface area contributed by atoms with Crippen LogP contribution in [-0.4, -0.2) is 89.7 Å². The first-order valence-corrected chi connectivity index (χ1v) is 11.7. The van der Waals surface area contributed by atoms with Crippen LogP contribution in [0, 0.1) is 0 Å². The van der Waals surface area contributed by atoms with Gasteiger partial charge < -0.3 is 19.9 Å². The normalized spacial score (nSPS) is 19.4. The molecule has 4 rings (SSSR count). The number of benzene rings is 1. The number of piperazine rings is 1. The standard InChI is InChI=1S/C24H27F3N6O4/c1-16-22(35)33(18-3-5-19(6-4-18)37-24(25,26)27)23(36)32(16)14-17-7-8-28-13-20(17)29-21(34)15-31-11-9-30(2)10-12-31/h3-8,13,16H,9-12,14-15H2,1-2H3,(H,29,34). The van der Waals surface area contributed by atoms with Gasteiger partial charge in [0, 0.05) is 32.4 Å². The van der Waals surface area contributed by atoms with Crippen molar-refractivity contribution in [3.8, 4) is 5.75 Å². The Kier molecular flexibility index (Phi) is 7.64. The predicted octanol–water partition coefficient (Wildman–Crippen LogP) is 2.52. The molecule has 1 aromatic heterocycles. The van der Waals surface area contributed by atoms with Crippen LogP contribution in [0.1, 0.15) is 12.5 Å². The molecule has 198 valence electrons. The third kappa shape index (κ3) is 6.35. The molecule has 0 aliphatic carbocycles. The second-order valence-corrected chi connectivity index (χ2v) is 8.96. The fourth-order valence-electron chi connectivity index (χ4n) is 4.20. The van der Waals surface area contributed by atoms with E-state index in [1.807, 2.05) is 7.05 Å². The first-order chi connectivity index (χ1) is 17.5. The zero-order chi connectivity index (χ0) is 26.7. The molecule has 2 saturated heterocycles. The van der Waals surface area contributed by atoms with E-state index in [1.54, 1.807) is 13.0 Å². The van der Waals surface area contributed by atoms with Crippen molar-refractivity contribution in [2.75, 3.05) is 50.0 Å². The van der Waals surface area contributed by atoms with E-state index in [1.165, 1.54) is 29.4 Å². The summed E-state index contributed by atoms with van der Waals surface area (Å²) in [6, 6.07) is 4.69. The van der Waals surface area contributed by atoms with Crippen molar-refractivity contribution in [2.45, 2.75) is 25.9 Å². The number of hydrogen-bond acceptors (Lipinski definition) is 7. The lowest BCUT2D eigenvalue weighted by Crippen LogP contribution is -2.47.